The molecular weight excluding hydrogens is 324 g/mol. The quantitative estimate of drug-likeness (QED) is 0.601. The van der Waals surface area contributed by atoms with Crippen LogP contribution in [0.25, 0.3) is 0 Å². The molecule has 0 radical (unpaired) electrons. The maximum absolute atomic E-state index is 11.3. The van der Waals surface area contributed by atoms with Gasteiger partial charge in [0.05, 0.1) is 24.8 Å². The zero-order valence-electron chi connectivity index (χ0n) is 14.6. The minimum Gasteiger partial charge on any atom is -0.469 e. The van der Waals surface area contributed by atoms with Gasteiger partial charge in [-0.05, 0) is 5.56 Å². The summed E-state index contributed by atoms with van der Waals surface area (Å²) < 4.78 is 17.3. The van der Waals surface area contributed by atoms with E-state index in [1.165, 1.54) is 0 Å². The molecule has 2 atom stereocenters. The van der Waals surface area contributed by atoms with Crippen LogP contribution in [-0.4, -0.2) is 54.6 Å². The first-order valence-electron chi connectivity index (χ1n) is 8.51. The van der Waals surface area contributed by atoms with Gasteiger partial charge in [-0.2, -0.15) is 0 Å². The highest BCUT2D eigenvalue weighted by atomic mass is 16.7. The Morgan fingerprint density at radius 1 is 1.28 bits per heavy atom. The summed E-state index contributed by atoms with van der Waals surface area (Å²) in [7, 11) is 0. The van der Waals surface area contributed by atoms with Gasteiger partial charge in [0, 0.05) is 31.9 Å². The van der Waals surface area contributed by atoms with Crippen LogP contribution in [0.2, 0.25) is 0 Å². The molecule has 2 aliphatic heterocycles. The lowest BCUT2D eigenvalue weighted by molar-refractivity contribution is -0.486. The van der Waals surface area contributed by atoms with Crippen molar-refractivity contribution < 1.29 is 19.1 Å². The van der Waals surface area contributed by atoms with E-state index >= 15 is 0 Å². The van der Waals surface area contributed by atoms with Crippen molar-refractivity contribution in [2.75, 3.05) is 32.8 Å². The third-order valence-electron chi connectivity index (χ3n) is 4.48. The second-order valence-electron chi connectivity index (χ2n) is 6.73. The van der Waals surface area contributed by atoms with E-state index in [-0.39, 0.29) is 11.5 Å². The largest absolute Gasteiger partial charge is 0.469 e. The molecule has 136 valence electrons. The van der Waals surface area contributed by atoms with E-state index in [2.05, 4.69) is 4.90 Å². The summed E-state index contributed by atoms with van der Waals surface area (Å²) in [6.45, 7) is 6.12. The second kappa shape index (κ2) is 7.41. The molecule has 1 fully saturated rings. The Hall–Kier alpha value is -2.12. The number of hydrogen-bond donors (Lipinski definition) is 0. The van der Waals surface area contributed by atoms with E-state index in [1.54, 1.807) is 6.26 Å². The number of benzene rings is 1. The molecule has 2 aliphatic rings. The summed E-state index contributed by atoms with van der Waals surface area (Å²) in [6.07, 6.45) is 1.25. The predicted molar refractivity (Wildman–Crippen MR) is 91.6 cm³/mol. The van der Waals surface area contributed by atoms with Crippen molar-refractivity contribution >= 4 is 0 Å². The Kier molecular flexibility index (Phi) is 5.24. The summed E-state index contributed by atoms with van der Waals surface area (Å²) >= 11 is 0. The summed E-state index contributed by atoms with van der Waals surface area (Å²) in [5, 5.41) is 11.3. The molecular formula is C18H24N2O5. The lowest BCUT2D eigenvalue weighted by atomic mass is 9.90. The molecule has 7 heteroatoms. The molecule has 25 heavy (non-hydrogen) atoms. The Balaban J connectivity index is 1.95. The maximum Gasteiger partial charge on any atom is 0.213 e. The van der Waals surface area contributed by atoms with Gasteiger partial charge in [0.1, 0.15) is 12.4 Å². The van der Waals surface area contributed by atoms with E-state index in [0.29, 0.717) is 13.2 Å². The van der Waals surface area contributed by atoms with E-state index in [0.717, 1.165) is 24.4 Å². The lowest BCUT2D eigenvalue weighted by Crippen LogP contribution is -2.48. The van der Waals surface area contributed by atoms with Crippen LogP contribution in [0.5, 0.6) is 0 Å². The minimum atomic E-state index is -0.829. The Morgan fingerprint density at radius 3 is 2.60 bits per heavy atom. The fourth-order valence-electron chi connectivity index (χ4n) is 3.26. The molecule has 0 bridgehead atoms. The van der Waals surface area contributed by atoms with E-state index < -0.39 is 17.8 Å². The van der Waals surface area contributed by atoms with Gasteiger partial charge in [0.15, 0.2) is 0 Å². The molecule has 0 N–H and O–H groups in total. The van der Waals surface area contributed by atoms with Gasteiger partial charge in [-0.1, -0.05) is 30.3 Å². The molecule has 0 amide bonds. The van der Waals surface area contributed by atoms with Gasteiger partial charge in [0.2, 0.25) is 12.3 Å². The van der Waals surface area contributed by atoms with Gasteiger partial charge in [0.25, 0.3) is 0 Å². The van der Waals surface area contributed by atoms with Crippen LogP contribution < -0.4 is 0 Å². The number of ether oxygens (including phenoxy) is 3. The van der Waals surface area contributed by atoms with Crippen LogP contribution in [0.3, 0.4) is 0 Å². The van der Waals surface area contributed by atoms with Gasteiger partial charge in [-0.25, -0.2) is 0 Å². The standard InChI is InChI=1S/C18H24N2O5/c1-18(2)24-13-16(19-8-10-23-11-9-19)17(25-18)15(12-20(21)22)14-6-4-3-5-7-14/h3-7,13,15,17H,8-12H2,1-2H3/t15-,17?/m0/s1. The zero-order valence-corrected chi connectivity index (χ0v) is 14.6. The van der Waals surface area contributed by atoms with Crippen molar-refractivity contribution in [3.63, 3.8) is 0 Å². The number of nitro groups is 1. The average molecular weight is 348 g/mol. The highest BCUT2D eigenvalue weighted by Crippen LogP contribution is 2.36. The molecule has 7 nitrogen and oxygen atoms in total. The van der Waals surface area contributed by atoms with Gasteiger partial charge in [-0.15, -0.1) is 0 Å². The number of morpholine rings is 1. The SMILES string of the molecule is CC1(C)OC=C(N2CCOCC2)C([C@@H](C[N+](=O)[O-])c2ccccc2)O1. The monoisotopic (exact) mass is 348 g/mol. The molecule has 1 aromatic carbocycles. The molecule has 0 spiro atoms. The van der Waals surface area contributed by atoms with E-state index in [4.69, 9.17) is 14.2 Å². The van der Waals surface area contributed by atoms with E-state index in [1.807, 2.05) is 44.2 Å². The van der Waals surface area contributed by atoms with Crippen LogP contribution in [0.1, 0.15) is 25.3 Å². The van der Waals surface area contributed by atoms with Crippen molar-refractivity contribution in [2.45, 2.75) is 31.7 Å². The molecule has 0 saturated carbocycles. The molecule has 0 aliphatic carbocycles. The summed E-state index contributed by atoms with van der Waals surface area (Å²) in [5.74, 6) is -1.22. The van der Waals surface area contributed by atoms with E-state index in [9.17, 15) is 10.1 Å². The number of nitrogens with zero attached hydrogens (tertiary/aromatic N) is 2. The molecule has 1 saturated heterocycles. The zero-order chi connectivity index (χ0) is 17.9. The first kappa shape index (κ1) is 17.7. The minimum absolute atomic E-state index is 0.202. The summed E-state index contributed by atoms with van der Waals surface area (Å²) in [4.78, 5) is 13.2. The first-order chi connectivity index (χ1) is 12.0. The molecule has 1 unspecified atom stereocenters. The predicted octanol–water partition coefficient (Wildman–Crippen LogP) is 2.37. The van der Waals surface area contributed by atoms with Crippen LogP contribution in [0.4, 0.5) is 0 Å². The van der Waals surface area contributed by atoms with Crippen LogP contribution in [0.15, 0.2) is 42.3 Å². The van der Waals surface area contributed by atoms with Gasteiger partial charge >= 0.3 is 0 Å². The average Bonchev–Trinajstić information content (AvgIpc) is 2.60. The first-order valence-corrected chi connectivity index (χ1v) is 8.51. The van der Waals surface area contributed by atoms with Crippen molar-refractivity contribution in [2.24, 2.45) is 0 Å². The Bertz CT molecular complexity index is 626. The Labute approximate surface area is 147 Å². The van der Waals surface area contributed by atoms with Crippen molar-refractivity contribution in [3.05, 3.63) is 58.0 Å². The van der Waals surface area contributed by atoms with Gasteiger partial charge < -0.3 is 19.1 Å². The maximum atomic E-state index is 11.3. The van der Waals surface area contributed by atoms with Crippen LogP contribution in [0, 0.1) is 10.1 Å². The smallest absolute Gasteiger partial charge is 0.213 e. The van der Waals surface area contributed by atoms with Crippen LogP contribution >= 0.6 is 0 Å². The second-order valence-corrected chi connectivity index (χ2v) is 6.73. The van der Waals surface area contributed by atoms with Crippen LogP contribution in [-0.2, 0) is 14.2 Å². The molecule has 1 aromatic rings. The fourth-order valence-corrected chi connectivity index (χ4v) is 3.26. The van der Waals surface area contributed by atoms with Crippen molar-refractivity contribution in [3.8, 4) is 0 Å². The molecule has 0 aromatic heterocycles. The topological polar surface area (TPSA) is 74.1 Å². The lowest BCUT2D eigenvalue weighted by Gasteiger charge is -2.43. The normalized spacial score (nSPS) is 24.2. The summed E-state index contributed by atoms with van der Waals surface area (Å²) in [5.41, 5.74) is 1.74. The third kappa shape index (κ3) is 4.29. The summed E-state index contributed by atoms with van der Waals surface area (Å²) in [6, 6.07) is 9.52. The molecule has 2 heterocycles. The third-order valence-corrected chi connectivity index (χ3v) is 4.48. The highest BCUT2D eigenvalue weighted by Gasteiger charge is 2.41. The Morgan fingerprint density at radius 2 is 1.96 bits per heavy atom. The van der Waals surface area contributed by atoms with Crippen molar-refractivity contribution in [1.29, 1.82) is 0 Å². The fraction of sp³-hybridized carbons (Fsp3) is 0.556. The van der Waals surface area contributed by atoms with Gasteiger partial charge in [-0.3, -0.25) is 10.1 Å². The number of hydrogen-bond acceptors (Lipinski definition) is 6. The molecule has 3 rings (SSSR count). The van der Waals surface area contributed by atoms with Crippen molar-refractivity contribution in [1.82, 2.24) is 4.90 Å². The number of rotatable bonds is 5. The highest BCUT2D eigenvalue weighted by molar-refractivity contribution is 5.26.